The minimum atomic E-state index is -0.492. The molecule has 34 heavy (non-hydrogen) atoms. The lowest BCUT2D eigenvalue weighted by molar-refractivity contribution is -0.119. The molecule has 8 heteroatoms. The monoisotopic (exact) mass is 535 g/mol. The molecular formula is C26H22BrN3O3S. The summed E-state index contributed by atoms with van der Waals surface area (Å²) in [6.07, 6.45) is 2.67. The number of thiazole rings is 1. The summed E-state index contributed by atoms with van der Waals surface area (Å²) in [5, 5.41) is 5.82. The Morgan fingerprint density at radius 1 is 1.15 bits per heavy atom. The van der Waals surface area contributed by atoms with Gasteiger partial charge >= 0.3 is 5.97 Å². The number of nitrogens with zero attached hydrogens (tertiary/aromatic N) is 2. The zero-order chi connectivity index (χ0) is 23.7. The molecule has 5 rings (SSSR count). The van der Waals surface area contributed by atoms with Gasteiger partial charge in [0.05, 0.1) is 16.8 Å². The minimum absolute atomic E-state index is 0.382. The lowest BCUT2D eigenvalue weighted by atomic mass is 9.84. The highest BCUT2D eigenvalue weighted by Gasteiger charge is 2.26. The fraction of sp³-hybridized carbons (Fsp3) is 0.231. The SMILES string of the molecule is CC1CCc2nc3ccccc3c(C(=O)OCC(=O)Nc3nc(-c4ccc(Br)cc4)cs3)c2C1. The van der Waals surface area contributed by atoms with Crippen LogP contribution in [0.5, 0.6) is 0 Å². The van der Waals surface area contributed by atoms with E-state index in [1.54, 1.807) is 0 Å². The van der Waals surface area contributed by atoms with Crippen LogP contribution >= 0.6 is 27.3 Å². The van der Waals surface area contributed by atoms with Crippen LogP contribution in [0.15, 0.2) is 58.4 Å². The van der Waals surface area contributed by atoms with Gasteiger partial charge in [-0.15, -0.1) is 11.3 Å². The number of ether oxygens (including phenoxy) is 1. The number of amides is 1. The van der Waals surface area contributed by atoms with Crippen molar-refractivity contribution >= 4 is 55.2 Å². The Hall–Kier alpha value is -3.10. The van der Waals surface area contributed by atoms with E-state index in [1.165, 1.54) is 11.3 Å². The highest BCUT2D eigenvalue weighted by atomic mass is 79.9. The molecule has 0 fully saturated rings. The number of hydrogen-bond acceptors (Lipinski definition) is 6. The molecule has 172 valence electrons. The largest absolute Gasteiger partial charge is 0.452 e. The lowest BCUT2D eigenvalue weighted by Crippen LogP contribution is -2.23. The van der Waals surface area contributed by atoms with Crippen molar-refractivity contribution < 1.29 is 14.3 Å². The molecular weight excluding hydrogens is 514 g/mol. The maximum Gasteiger partial charge on any atom is 0.339 e. The van der Waals surface area contributed by atoms with E-state index in [-0.39, 0.29) is 6.61 Å². The zero-order valence-electron chi connectivity index (χ0n) is 18.5. The summed E-state index contributed by atoms with van der Waals surface area (Å²) in [6.45, 7) is 1.80. The fourth-order valence-corrected chi connectivity index (χ4v) is 5.24. The van der Waals surface area contributed by atoms with E-state index in [1.807, 2.05) is 53.9 Å². The summed E-state index contributed by atoms with van der Waals surface area (Å²) in [4.78, 5) is 34.9. The minimum Gasteiger partial charge on any atom is -0.452 e. The number of anilines is 1. The zero-order valence-corrected chi connectivity index (χ0v) is 20.9. The first-order valence-corrected chi connectivity index (χ1v) is 12.7. The number of esters is 1. The molecule has 0 bridgehead atoms. The van der Waals surface area contributed by atoms with Crippen LogP contribution in [0.1, 0.15) is 35.0 Å². The first kappa shape index (κ1) is 22.7. The van der Waals surface area contributed by atoms with Gasteiger partial charge in [0.2, 0.25) is 0 Å². The molecule has 6 nitrogen and oxygen atoms in total. The number of aryl methyl sites for hydroxylation is 1. The molecule has 1 aliphatic carbocycles. The van der Waals surface area contributed by atoms with Gasteiger partial charge in [-0.2, -0.15) is 0 Å². The van der Waals surface area contributed by atoms with E-state index < -0.39 is 11.9 Å². The topological polar surface area (TPSA) is 81.2 Å². The molecule has 0 saturated carbocycles. The van der Waals surface area contributed by atoms with Crippen LogP contribution in [0, 0.1) is 5.92 Å². The van der Waals surface area contributed by atoms with E-state index in [9.17, 15) is 9.59 Å². The van der Waals surface area contributed by atoms with Gasteiger partial charge in [0.1, 0.15) is 0 Å². The average molecular weight is 536 g/mol. The second-order valence-electron chi connectivity index (χ2n) is 8.45. The van der Waals surface area contributed by atoms with Crippen molar-refractivity contribution in [1.82, 2.24) is 9.97 Å². The molecule has 2 aromatic carbocycles. The Labute approximate surface area is 209 Å². The van der Waals surface area contributed by atoms with Crippen LogP contribution in [0.25, 0.3) is 22.2 Å². The fourth-order valence-electron chi connectivity index (χ4n) is 4.24. The molecule has 1 amide bonds. The maximum absolute atomic E-state index is 13.2. The standard InChI is InChI=1S/C26H22BrN3O3S/c1-15-6-11-21-19(12-15)24(18-4-2-3-5-20(18)28-21)25(32)33-13-23(31)30-26-29-22(14-34-26)16-7-9-17(27)10-8-16/h2-5,7-10,14-15H,6,11-13H2,1H3,(H,29,30,31). The molecule has 1 unspecified atom stereocenters. The third-order valence-corrected chi connectivity index (χ3v) is 7.22. The number of pyridine rings is 1. The number of aromatic nitrogens is 2. The summed E-state index contributed by atoms with van der Waals surface area (Å²) in [5.41, 5.74) is 4.93. The maximum atomic E-state index is 13.2. The van der Waals surface area contributed by atoms with Crippen LogP contribution < -0.4 is 5.32 Å². The highest BCUT2D eigenvalue weighted by molar-refractivity contribution is 9.10. The third kappa shape index (κ3) is 4.74. The van der Waals surface area contributed by atoms with Crippen LogP contribution in [0.3, 0.4) is 0 Å². The Kier molecular flexibility index (Phi) is 6.43. The second-order valence-corrected chi connectivity index (χ2v) is 10.2. The number of benzene rings is 2. The number of carbonyl (C=O) groups excluding carboxylic acids is 2. The van der Waals surface area contributed by atoms with E-state index in [0.29, 0.717) is 16.6 Å². The molecule has 0 aliphatic heterocycles. The van der Waals surface area contributed by atoms with Gasteiger partial charge in [0.25, 0.3) is 5.91 Å². The molecule has 2 heterocycles. The highest BCUT2D eigenvalue weighted by Crippen LogP contribution is 2.32. The smallest absolute Gasteiger partial charge is 0.339 e. The van der Waals surface area contributed by atoms with E-state index in [0.717, 1.165) is 57.2 Å². The molecule has 4 aromatic rings. The van der Waals surface area contributed by atoms with Gasteiger partial charge in [-0.05, 0) is 48.9 Å². The lowest BCUT2D eigenvalue weighted by Gasteiger charge is -2.24. The summed E-state index contributed by atoms with van der Waals surface area (Å²) in [7, 11) is 0. The molecule has 1 aliphatic rings. The predicted molar refractivity (Wildman–Crippen MR) is 137 cm³/mol. The first-order chi connectivity index (χ1) is 16.5. The van der Waals surface area contributed by atoms with E-state index in [4.69, 9.17) is 9.72 Å². The summed E-state index contributed by atoms with van der Waals surface area (Å²) < 4.78 is 6.45. The number of nitrogens with one attached hydrogen (secondary N) is 1. The van der Waals surface area contributed by atoms with Crippen LogP contribution in [0.2, 0.25) is 0 Å². The summed E-state index contributed by atoms with van der Waals surface area (Å²) in [5.74, 6) is -0.449. The van der Waals surface area contributed by atoms with Crippen molar-refractivity contribution in [1.29, 1.82) is 0 Å². The van der Waals surface area contributed by atoms with Crippen molar-refractivity contribution in [3.8, 4) is 11.3 Å². The van der Waals surface area contributed by atoms with Gasteiger partial charge < -0.3 is 4.74 Å². The van der Waals surface area contributed by atoms with Gasteiger partial charge in [0, 0.05) is 26.5 Å². The Balaban J connectivity index is 1.30. The Morgan fingerprint density at radius 3 is 2.76 bits per heavy atom. The van der Waals surface area contributed by atoms with E-state index in [2.05, 4.69) is 33.2 Å². The summed E-state index contributed by atoms with van der Waals surface area (Å²) in [6, 6.07) is 15.4. The average Bonchev–Trinajstić information content (AvgIpc) is 3.30. The quantitative estimate of drug-likeness (QED) is 0.315. The molecule has 1 atom stereocenters. The molecule has 2 aromatic heterocycles. The van der Waals surface area contributed by atoms with Crippen molar-refractivity contribution in [2.24, 2.45) is 5.92 Å². The number of rotatable bonds is 5. The number of para-hydroxylation sites is 1. The van der Waals surface area contributed by atoms with Crippen LogP contribution in [-0.4, -0.2) is 28.5 Å². The van der Waals surface area contributed by atoms with Crippen molar-refractivity contribution in [2.45, 2.75) is 26.2 Å². The molecule has 1 N–H and O–H groups in total. The normalized spacial score (nSPS) is 15.1. The second kappa shape index (κ2) is 9.64. The number of hydrogen-bond donors (Lipinski definition) is 1. The van der Waals surface area contributed by atoms with E-state index >= 15 is 0 Å². The third-order valence-electron chi connectivity index (χ3n) is 5.93. The number of carbonyl (C=O) groups is 2. The Morgan fingerprint density at radius 2 is 1.94 bits per heavy atom. The number of fused-ring (bicyclic) bond motifs is 2. The molecule has 0 radical (unpaired) electrons. The van der Waals surface area contributed by atoms with Crippen molar-refractivity contribution in [3.05, 3.63) is 75.2 Å². The van der Waals surface area contributed by atoms with Crippen LogP contribution in [0.4, 0.5) is 5.13 Å². The van der Waals surface area contributed by atoms with Crippen molar-refractivity contribution in [3.63, 3.8) is 0 Å². The van der Waals surface area contributed by atoms with Gasteiger partial charge in [-0.3, -0.25) is 15.1 Å². The van der Waals surface area contributed by atoms with Gasteiger partial charge in [-0.1, -0.05) is 53.2 Å². The van der Waals surface area contributed by atoms with Gasteiger partial charge in [0.15, 0.2) is 11.7 Å². The molecule has 0 saturated heterocycles. The Bertz CT molecular complexity index is 1380. The first-order valence-electron chi connectivity index (χ1n) is 11.1. The van der Waals surface area contributed by atoms with Crippen molar-refractivity contribution in [2.75, 3.05) is 11.9 Å². The number of halogens is 1. The van der Waals surface area contributed by atoms with Gasteiger partial charge in [-0.25, -0.2) is 9.78 Å². The van der Waals surface area contributed by atoms with Crippen LogP contribution in [-0.2, 0) is 22.4 Å². The summed E-state index contributed by atoms with van der Waals surface area (Å²) >= 11 is 4.74. The molecule has 0 spiro atoms. The predicted octanol–water partition coefficient (Wildman–Crippen LogP) is 6.04.